The maximum absolute atomic E-state index is 5.63. The van der Waals surface area contributed by atoms with Crippen LogP contribution in [0.25, 0.3) is 0 Å². The molecule has 0 aromatic heterocycles. The zero-order chi connectivity index (χ0) is 9.26. The third-order valence-electron chi connectivity index (χ3n) is 3.47. The maximum Gasteiger partial charge on any atom is 0.0590 e. The zero-order valence-corrected chi connectivity index (χ0v) is 8.75. The van der Waals surface area contributed by atoms with E-state index in [1.165, 1.54) is 19.3 Å². The number of nitrogens with one attached hydrogen (secondary N) is 1. The average Bonchev–Trinajstić information content (AvgIpc) is 2.86. The summed E-state index contributed by atoms with van der Waals surface area (Å²) >= 11 is 0. The highest BCUT2D eigenvalue weighted by molar-refractivity contribution is 4.94. The molecular formula is C11H21NO. The van der Waals surface area contributed by atoms with E-state index in [-0.39, 0.29) is 0 Å². The SMILES string of the molecule is CCNC(C1CC1)C1CCOC1C. The lowest BCUT2D eigenvalue weighted by Crippen LogP contribution is -2.40. The van der Waals surface area contributed by atoms with Crippen LogP contribution in [0.2, 0.25) is 0 Å². The van der Waals surface area contributed by atoms with E-state index in [0.717, 1.165) is 31.0 Å². The molecule has 0 spiro atoms. The van der Waals surface area contributed by atoms with Crippen LogP contribution in [-0.2, 0) is 4.74 Å². The Labute approximate surface area is 81.0 Å². The van der Waals surface area contributed by atoms with Crippen molar-refractivity contribution in [3.8, 4) is 0 Å². The molecule has 3 unspecified atom stereocenters. The standard InChI is InChI=1S/C11H21NO/c1-3-12-11(9-4-5-9)10-6-7-13-8(10)2/h8-12H,3-7H2,1-2H3. The highest BCUT2D eigenvalue weighted by Crippen LogP contribution is 2.39. The largest absolute Gasteiger partial charge is 0.378 e. The van der Waals surface area contributed by atoms with Gasteiger partial charge >= 0.3 is 0 Å². The molecular weight excluding hydrogens is 162 g/mol. The predicted molar refractivity (Wildman–Crippen MR) is 53.7 cm³/mol. The molecule has 2 heteroatoms. The molecule has 2 rings (SSSR count). The van der Waals surface area contributed by atoms with Gasteiger partial charge in [-0.05, 0) is 38.6 Å². The Bertz CT molecular complexity index is 167. The Balaban J connectivity index is 1.92. The van der Waals surface area contributed by atoms with E-state index >= 15 is 0 Å². The van der Waals surface area contributed by atoms with E-state index in [4.69, 9.17) is 4.74 Å². The third-order valence-corrected chi connectivity index (χ3v) is 3.47. The summed E-state index contributed by atoms with van der Waals surface area (Å²) in [5.41, 5.74) is 0. The van der Waals surface area contributed by atoms with Gasteiger partial charge in [-0.2, -0.15) is 0 Å². The summed E-state index contributed by atoms with van der Waals surface area (Å²) in [5.74, 6) is 1.72. The molecule has 1 saturated carbocycles. The minimum atomic E-state index is 0.477. The Morgan fingerprint density at radius 1 is 1.38 bits per heavy atom. The lowest BCUT2D eigenvalue weighted by Gasteiger charge is -2.26. The fourth-order valence-electron chi connectivity index (χ4n) is 2.58. The second kappa shape index (κ2) is 3.97. The van der Waals surface area contributed by atoms with Gasteiger partial charge in [0.25, 0.3) is 0 Å². The van der Waals surface area contributed by atoms with E-state index in [1.807, 2.05) is 0 Å². The van der Waals surface area contributed by atoms with Crippen LogP contribution in [0.3, 0.4) is 0 Å². The van der Waals surface area contributed by atoms with Gasteiger partial charge in [-0.1, -0.05) is 6.92 Å². The summed E-state index contributed by atoms with van der Waals surface area (Å²) in [6.45, 7) is 6.51. The minimum Gasteiger partial charge on any atom is -0.378 e. The van der Waals surface area contributed by atoms with E-state index in [1.54, 1.807) is 0 Å². The highest BCUT2D eigenvalue weighted by Gasteiger charge is 2.40. The van der Waals surface area contributed by atoms with Gasteiger partial charge in [0.05, 0.1) is 6.10 Å². The first-order chi connectivity index (χ1) is 6.33. The van der Waals surface area contributed by atoms with Gasteiger partial charge in [-0.3, -0.25) is 0 Å². The lowest BCUT2D eigenvalue weighted by molar-refractivity contribution is 0.0928. The van der Waals surface area contributed by atoms with Gasteiger partial charge in [0.1, 0.15) is 0 Å². The lowest BCUT2D eigenvalue weighted by atomic mass is 9.90. The summed E-state index contributed by atoms with van der Waals surface area (Å²) in [4.78, 5) is 0. The molecule has 1 saturated heterocycles. The number of hydrogen-bond acceptors (Lipinski definition) is 2. The van der Waals surface area contributed by atoms with Gasteiger partial charge in [-0.25, -0.2) is 0 Å². The summed E-state index contributed by atoms with van der Waals surface area (Å²) in [5, 5.41) is 3.64. The molecule has 2 aliphatic rings. The molecule has 0 amide bonds. The van der Waals surface area contributed by atoms with Crippen LogP contribution in [0.5, 0.6) is 0 Å². The van der Waals surface area contributed by atoms with Crippen LogP contribution in [0, 0.1) is 11.8 Å². The van der Waals surface area contributed by atoms with E-state index in [2.05, 4.69) is 19.2 Å². The number of ether oxygens (including phenoxy) is 1. The third kappa shape index (κ3) is 2.05. The smallest absolute Gasteiger partial charge is 0.0590 e. The monoisotopic (exact) mass is 183 g/mol. The molecule has 0 aromatic rings. The second-order valence-electron chi connectivity index (χ2n) is 4.45. The Morgan fingerprint density at radius 3 is 2.62 bits per heavy atom. The number of rotatable bonds is 4. The normalized spacial score (nSPS) is 36.5. The highest BCUT2D eigenvalue weighted by atomic mass is 16.5. The summed E-state index contributed by atoms with van der Waals surface area (Å²) < 4.78 is 5.63. The molecule has 3 atom stereocenters. The Hall–Kier alpha value is -0.0800. The van der Waals surface area contributed by atoms with E-state index in [0.29, 0.717) is 6.10 Å². The van der Waals surface area contributed by atoms with Crippen LogP contribution in [0.1, 0.15) is 33.1 Å². The van der Waals surface area contributed by atoms with Crippen LogP contribution in [0.4, 0.5) is 0 Å². The summed E-state index contributed by atoms with van der Waals surface area (Å²) in [6, 6.07) is 0.738. The van der Waals surface area contributed by atoms with Crippen molar-refractivity contribution in [1.29, 1.82) is 0 Å². The van der Waals surface area contributed by atoms with E-state index in [9.17, 15) is 0 Å². The van der Waals surface area contributed by atoms with Crippen molar-refractivity contribution < 1.29 is 4.74 Å². The van der Waals surface area contributed by atoms with Crippen molar-refractivity contribution in [2.24, 2.45) is 11.8 Å². The fourth-order valence-corrected chi connectivity index (χ4v) is 2.58. The molecule has 0 bridgehead atoms. The molecule has 2 fully saturated rings. The van der Waals surface area contributed by atoms with Crippen LogP contribution < -0.4 is 5.32 Å². The zero-order valence-electron chi connectivity index (χ0n) is 8.75. The topological polar surface area (TPSA) is 21.3 Å². The maximum atomic E-state index is 5.63. The first-order valence-corrected chi connectivity index (χ1v) is 5.68. The van der Waals surface area contributed by atoms with Crippen molar-refractivity contribution in [2.75, 3.05) is 13.2 Å². The fraction of sp³-hybridized carbons (Fsp3) is 1.00. The molecule has 1 aliphatic carbocycles. The second-order valence-corrected chi connectivity index (χ2v) is 4.45. The average molecular weight is 183 g/mol. The van der Waals surface area contributed by atoms with Crippen molar-refractivity contribution in [3.63, 3.8) is 0 Å². The van der Waals surface area contributed by atoms with Crippen molar-refractivity contribution >= 4 is 0 Å². The van der Waals surface area contributed by atoms with E-state index < -0.39 is 0 Å². The van der Waals surface area contributed by atoms with Gasteiger partial charge in [-0.15, -0.1) is 0 Å². The van der Waals surface area contributed by atoms with Gasteiger partial charge in [0, 0.05) is 18.6 Å². The number of hydrogen-bond donors (Lipinski definition) is 1. The first-order valence-electron chi connectivity index (χ1n) is 5.68. The first kappa shape index (κ1) is 9.47. The van der Waals surface area contributed by atoms with Crippen LogP contribution in [-0.4, -0.2) is 25.3 Å². The molecule has 1 N–H and O–H groups in total. The van der Waals surface area contributed by atoms with Crippen LogP contribution in [0.15, 0.2) is 0 Å². The minimum absolute atomic E-state index is 0.477. The summed E-state index contributed by atoms with van der Waals surface area (Å²) in [7, 11) is 0. The molecule has 1 aliphatic heterocycles. The molecule has 76 valence electrons. The predicted octanol–water partition coefficient (Wildman–Crippen LogP) is 1.80. The summed E-state index contributed by atoms with van der Waals surface area (Å²) in [6.07, 6.45) is 4.60. The van der Waals surface area contributed by atoms with Crippen LogP contribution >= 0.6 is 0 Å². The van der Waals surface area contributed by atoms with Crippen molar-refractivity contribution in [1.82, 2.24) is 5.32 Å². The molecule has 1 heterocycles. The molecule has 13 heavy (non-hydrogen) atoms. The quantitative estimate of drug-likeness (QED) is 0.717. The molecule has 2 nitrogen and oxygen atoms in total. The Kier molecular flexibility index (Phi) is 2.89. The van der Waals surface area contributed by atoms with Crippen molar-refractivity contribution in [3.05, 3.63) is 0 Å². The van der Waals surface area contributed by atoms with Gasteiger partial charge < -0.3 is 10.1 Å². The molecule has 0 radical (unpaired) electrons. The Morgan fingerprint density at radius 2 is 2.15 bits per heavy atom. The van der Waals surface area contributed by atoms with Gasteiger partial charge in [0.15, 0.2) is 0 Å². The van der Waals surface area contributed by atoms with Crippen molar-refractivity contribution in [2.45, 2.75) is 45.3 Å². The molecule has 0 aromatic carbocycles. The van der Waals surface area contributed by atoms with Gasteiger partial charge in [0.2, 0.25) is 0 Å².